The molecule has 0 aliphatic rings. The van der Waals surface area contributed by atoms with Gasteiger partial charge in [-0.05, 0) is 72.6 Å². The monoisotopic (exact) mass is 426 g/mol. The Labute approximate surface area is 192 Å². The second-order valence-corrected chi connectivity index (χ2v) is 8.39. The van der Waals surface area contributed by atoms with E-state index in [4.69, 9.17) is 0 Å². The Hall–Kier alpha value is -2.89. The van der Waals surface area contributed by atoms with Gasteiger partial charge in [0, 0.05) is 17.6 Å². The molecule has 0 saturated heterocycles. The minimum atomic E-state index is -4.47. The molecule has 1 aromatic heterocycles. The van der Waals surface area contributed by atoms with Gasteiger partial charge in [-0.25, -0.2) is 13.4 Å². The minimum Gasteiger partial charge on any atom is -0.744 e. The van der Waals surface area contributed by atoms with Gasteiger partial charge in [0.15, 0.2) is 0 Å². The zero-order valence-electron chi connectivity index (χ0n) is 17.4. The molecule has 0 amide bonds. The predicted molar refractivity (Wildman–Crippen MR) is 116 cm³/mol. The van der Waals surface area contributed by atoms with Crippen molar-refractivity contribution in [3.8, 4) is 0 Å². The van der Waals surface area contributed by atoms with E-state index in [1.807, 2.05) is 6.07 Å². The van der Waals surface area contributed by atoms with Gasteiger partial charge in [0.05, 0.1) is 4.90 Å². The molecule has 3 aromatic carbocycles. The topological polar surface area (TPSA) is 107 Å². The molecular weight excluding hydrogens is 407 g/mol. The van der Waals surface area contributed by atoms with Gasteiger partial charge < -0.3 is 15.2 Å². The number of hydrogen-bond donors (Lipinski definition) is 2. The fourth-order valence-corrected chi connectivity index (χ4v) is 3.77. The van der Waals surface area contributed by atoms with Crippen LogP contribution in [0.15, 0.2) is 71.8 Å². The molecule has 0 saturated carbocycles. The van der Waals surface area contributed by atoms with Crippen molar-refractivity contribution < 1.29 is 31.8 Å². The van der Waals surface area contributed by atoms with Crippen LogP contribution >= 0.6 is 0 Å². The molecule has 1 heterocycles. The first-order valence-electron chi connectivity index (χ1n) is 9.22. The molecule has 31 heavy (non-hydrogen) atoms. The number of aromatic nitrogens is 2. The number of anilines is 4. The number of hydrogen-bond acceptors (Lipinski definition) is 7. The average Bonchev–Trinajstić information content (AvgIpc) is 2.67. The molecule has 0 radical (unpaired) electrons. The summed E-state index contributed by atoms with van der Waals surface area (Å²) in [6.45, 7) is 4.17. The molecule has 2 N–H and O–H groups in total. The Morgan fingerprint density at radius 1 is 0.871 bits per heavy atom. The number of nitrogens with one attached hydrogen (secondary N) is 2. The third-order valence-corrected chi connectivity index (χ3v) is 5.48. The Kier molecular flexibility index (Phi) is 6.67. The van der Waals surface area contributed by atoms with Crippen LogP contribution in [-0.2, 0) is 10.1 Å². The molecular formula is C22H19LiN4O3S. The van der Waals surface area contributed by atoms with Gasteiger partial charge in [-0.2, -0.15) is 4.98 Å². The summed E-state index contributed by atoms with van der Waals surface area (Å²) < 4.78 is 33.1. The maximum absolute atomic E-state index is 11.0. The van der Waals surface area contributed by atoms with Crippen molar-refractivity contribution in [2.45, 2.75) is 18.7 Å². The summed E-state index contributed by atoms with van der Waals surface area (Å²) in [4.78, 5) is 8.41. The van der Waals surface area contributed by atoms with Crippen LogP contribution in [-0.4, -0.2) is 22.9 Å². The van der Waals surface area contributed by atoms with E-state index >= 15 is 0 Å². The molecule has 4 rings (SSSR count). The number of fused-ring (bicyclic) bond motifs is 1. The normalized spacial score (nSPS) is 11.1. The van der Waals surface area contributed by atoms with Crippen LogP contribution in [0.2, 0.25) is 0 Å². The van der Waals surface area contributed by atoms with E-state index in [-0.39, 0.29) is 23.8 Å². The third-order valence-electron chi connectivity index (χ3n) is 4.63. The van der Waals surface area contributed by atoms with E-state index in [1.165, 1.54) is 40.8 Å². The molecule has 0 bridgehead atoms. The zero-order chi connectivity index (χ0) is 21.3. The van der Waals surface area contributed by atoms with E-state index in [2.05, 4.69) is 58.7 Å². The van der Waals surface area contributed by atoms with Crippen LogP contribution in [0.5, 0.6) is 0 Å². The summed E-state index contributed by atoms with van der Waals surface area (Å²) in [5.41, 5.74) is 3.91. The quantitative estimate of drug-likeness (QED) is 0.369. The van der Waals surface area contributed by atoms with Crippen LogP contribution in [0.4, 0.5) is 23.1 Å². The summed E-state index contributed by atoms with van der Waals surface area (Å²) in [5.74, 6) is 0.945. The number of rotatable bonds is 5. The smallest absolute Gasteiger partial charge is 0.744 e. The van der Waals surface area contributed by atoms with Crippen molar-refractivity contribution in [3.63, 3.8) is 0 Å². The Morgan fingerprint density at radius 2 is 1.58 bits per heavy atom. The van der Waals surface area contributed by atoms with Crippen molar-refractivity contribution in [2.24, 2.45) is 0 Å². The van der Waals surface area contributed by atoms with E-state index < -0.39 is 10.1 Å². The van der Waals surface area contributed by atoms with Crippen molar-refractivity contribution >= 4 is 44.0 Å². The molecule has 0 atom stereocenters. The van der Waals surface area contributed by atoms with Crippen LogP contribution in [0, 0.1) is 13.8 Å². The predicted octanol–water partition coefficient (Wildman–Crippen LogP) is 1.64. The molecule has 152 valence electrons. The fraction of sp³-hybridized carbons (Fsp3) is 0.0909. The van der Waals surface area contributed by atoms with Gasteiger partial charge >= 0.3 is 18.9 Å². The molecule has 0 fully saturated rings. The first kappa shape index (κ1) is 22.8. The van der Waals surface area contributed by atoms with Gasteiger partial charge in [0.1, 0.15) is 15.9 Å². The first-order valence-corrected chi connectivity index (χ1v) is 10.6. The van der Waals surface area contributed by atoms with Gasteiger partial charge in [-0.3, -0.25) is 0 Å². The van der Waals surface area contributed by atoms with Crippen LogP contribution in [0.3, 0.4) is 0 Å². The Balaban J connectivity index is 0.00000272. The van der Waals surface area contributed by atoms with Gasteiger partial charge in [-0.15, -0.1) is 0 Å². The third kappa shape index (κ3) is 5.43. The van der Waals surface area contributed by atoms with E-state index in [9.17, 15) is 13.0 Å². The molecule has 0 unspecified atom stereocenters. The number of aryl methyl sites for hydroxylation is 2. The van der Waals surface area contributed by atoms with E-state index in [1.54, 1.807) is 12.3 Å². The molecule has 0 aliphatic heterocycles. The summed E-state index contributed by atoms with van der Waals surface area (Å²) in [6.07, 6.45) is 1.61. The summed E-state index contributed by atoms with van der Waals surface area (Å²) in [6, 6.07) is 17.6. The maximum atomic E-state index is 11.0. The van der Waals surface area contributed by atoms with Crippen molar-refractivity contribution in [3.05, 3.63) is 78.0 Å². The van der Waals surface area contributed by atoms with Gasteiger partial charge in [0.2, 0.25) is 5.95 Å². The maximum Gasteiger partial charge on any atom is 1.00 e. The molecule has 4 aromatic rings. The summed E-state index contributed by atoms with van der Waals surface area (Å²) in [7, 11) is -4.47. The summed E-state index contributed by atoms with van der Waals surface area (Å²) in [5, 5.41) is 8.61. The Bertz CT molecular complexity index is 1340. The summed E-state index contributed by atoms with van der Waals surface area (Å²) >= 11 is 0. The van der Waals surface area contributed by atoms with Crippen LogP contribution in [0.1, 0.15) is 11.1 Å². The Morgan fingerprint density at radius 3 is 2.29 bits per heavy atom. The SMILES string of the molecule is Cc1cc(C)c2ccc(Nc3nccc(Nc4ccc(S(=O)(=O)[O-])cc4)n3)cc2c1.[Li+]. The first-order chi connectivity index (χ1) is 14.3. The zero-order valence-corrected chi connectivity index (χ0v) is 18.2. The van der Waals surface area contributed by atoms with E-state index in [0.717, 1.165) is 11.1 Å². The largest absolute Gasteiger partial charge is 1.00 e. The van der Waals surface area contributed by atoms with Crippen molar-refractivity contribution in [1.29, 1.82) is 0 Å². The van der Waals surface area contributed by atoms with E-state index in [0.29, 0.717) is 17.5 Å². The molecule has 7 nitrogen and oxygen atoms in total. The van der Waals surface area contributed by atoms with Gasteiger partial charge in [0.25, 0.3) is 0 Å². The number of benzene rings is 3. The molecule has 0 spiro atoms. The van der Waals surface area contributed by atoms with Crippen LogP contribution in [0.25, 0.3) is 10.8 Å². The standard InChI is InChI=1S/C22H20N4O3S.Li/c1-14-11-15(2)20-8-5-18(13-16(20)12-14)25-22-23-10-9-21(26-22)24-17-3-6-19(7-4-17)30(27,28)29;/h3-13H,1-2H3,(H,27,28,29)(H2,23,24,25,26);/q;+1/p-1. The second-order valence-electron chi connectivity index (χ2n) is 7.01. The minimum absolute atomic E-state index is 0. The molecule has 9 heteroatoms. The van der Waals surface area contributed by atoms with Crippen LogP contribution < -0.4 is 29.5 Å². The molecule has 0 aliphatic carbocycles. The van der Waals surface area contributed by atoms with Crippen molar-refractivity contribution in [2.75, 3.05) is 10.6 Å². The average molecular weight is 426 g/mol. The van der Waals surface area contributed by atoms with Gasteiger partial charge in [-0.1, -0.05) is 23.8 Å². The van der Waals surface area contributed by atoms with Crippen molar-refractivity contribution in [1.82, 2.24) is 9.97 Å². The second kappa shape index (κ2) is 9.08. The fourth-order valence-electron chi connectivity index (χ4n) is 3.30. The number of nitrogens with zero attached hydrogens (tertiary/aromatic N) is 2.